The number of rotatable bonds is 5. The second-order valence-corrected chi connectivity index (χ2v) is 7.17. The molecule has 3 heterocycles. The Hall–Kier alpha value is -3.20. The van der Waals surface area contributed by atoms with Crippen LogP contribution in [-0.4, -0.2) is 37.3 Å². The molecule has 0 saturated heterocycles. The van der Waals surface area contributed by atoms with Crippen molar-refractivity contribution in [2.45, 2.75) is 26.0 Å². The molecule has 0 saturated carbocycles. The molecular formula is C19H18ClFN6O2. The molecule has 29 heavy (non-hydrogen) atoms. The summed E-state index contributed by atoms with van der Waals surface area (Å²) in [4.78, 5) is 17.7. The Morgan fingerprint density at radius 1 is 1.41 bits per heavy atom. The lowest BCUT2D eigenvalue weighted by Crippen LogP contribution is -2.28. The van der Waals surface area contributed by atoms with E-state index in [1.165, 1.54) is 12.1 Å². The van der Waals surface area contributed by atoms with Gasteiger partial charge in [0.2, 0.25) is 6.10 Å². The maximum Gasteiger partial charge on any atom is 0.268 e. The molecule has 2 aromatic heterocycles. The number of nitrogens with zero attached hydrogens (tertiary/aromatic N) is 5. The molecule has 8 nitrogen and oxygen atoms in total. The third-order valence-corrected chi connectivity index (χ3v) is 4.88. The highest BCUT2D eigenvalue weighted by Crippen LogP contribution is 2.26. The van der Waals surface area contributed by atoms with Crippen molar-refractivity contribution in [2.75, 3.05) is 5.32 Å². The molecule has 3 aromatic rings. The maximum absolute atomic E-state index is 14.1. The highest BCUT2D eigenvalue weighted by atomic mass is 35.5. The van der Waals surface area contributed by atoms with E-state index in [1.807, 2.05) is 20.2 Å². The standard InChI is InChI=1S/C19H18ClFN6O2/c1-11-12(8-26(2)24-11)9-27-10-13(7-22-27)23-19(28)17-6-16(25-29-17)18-14(20)4-3-5-15(18)21/h3-5,7-8,10,17H,6,9H2,1-2H3,(H,23,28). The number of carbonyl (C=O) groups excluding carboxylic acids is 1. The smallest absolute Gasteiger partial charge is 0.268 e. The van der Waals surface area contributed by atoms with E-state index in [0.29, 0.717) is 17.9 Å². The average Bonchev–Trinajstić information content (AvgIpc) is 3.37. The molecule has 1 unspecified atom stereocenters. The first-order valence-corrected chi connectivity index (χ1v) is 9.28. The van der Waals surface area contributed by atoms with Crippen molar-refractivity contribution in [3.8, 4) is 0 Å². The van der Waals surface area contributed by atoms with Crippen LogP contribution in [-0.2, 0) is 23.2 Å². The zero-order chi connectivity index (χ0) is 20.5. The number of hydrogen-bond acceptors (Lipinski definition) is 5. The van der Waals surface area contributed by atoms with Gasteiger partial charge >= 0.3 is 0 Å². The van der Waals surface area contributed by atoms with Crippen LogP contribution in [0.4, 0.5) is 10.1 Å². The first-order chi connectivity index (χ1) is 13.9. The summed E-state index contributed by atoms with van der Waals surface area (Å²) in [5, 5.41) is 15.4. The van der Waals surface area contributed by atoms with Crippen molar-refractivity contribution in [1.29, 1.82) is 0 Å². The summed E-state index contributed by atoms with van der Waals surface area (Å²) in [6.07, 6.45) is 4.44. The number of amides is 1. The fourth-order valence-corrected chi connectivity index (χ4v) is 3.43. The van der Waals surface area contributed by atoms with Gasteiger partial charge in [-0.25, -0.2) is 4.39 Å². The maximum atomic E-state index is 14.1. The van der Waals surface area contributed by atoms with Crippen LogP contribution in [0.15, 0.2) is 41.9 Å². The quantitative estimate of drug-likeness (QED) is 0.692. The predicted molar refractivity (Wildman–Crippen MR) is 105 cm³/mol. The van der Waals surface area contributed by atoms with Crippen molar-refractivity contribution < 1.29 is 14.0 Å². The molecule has 1 N–H and O–H groups in total. The SMILES string of the molecule is Cc1nn(C)cc1Cn1cc(NC(=O)C2CC(c3c(F)cccc3Cl)=NO2)cn1. The normalized spacial score (nSPS) is 15.9. The zero-order valence-electron chi connectivity index (χ0n) is 15.8. The van der Waals surface area contributed by atoms with Gasteiger partial charge in [0.15, 0.2) is 0 Å². The molecule has 0 spiro atoms. The Kier molecular flexibility index (Phi) is 5.06. The van der Waals surface area contributed by atoms with E-state index in [1.54, 1.807) is 27.8 Å². The van der Waals surface area contributed by atoms with Gasteiger partial charge in [-0.1, -0.05) is 22.8 Å². The van der Waals surface area contributed by atoms with E-state index in [9.17, 15) is 9.18 Å². The second kappa shape index (κ2) is 7.67. The van der Waals surface area contributed by atoms with Gasteiger partial charge in [0, 0.05) is 31.4 Å². The minimum absolute atomic E-state index is 0.121. The van der Waals surface area contributed by atoms with Crippen LogP contribution in [0, 0.1) is 12.7 Å². The number of oxime groups is 1. The molecule has 150 valence electrons. The highest BCUT2D eigenvalue weighted by Gasteiger charge is 2.31. The van der Waals surface area contributed by atoms with Gasteiger partial charge < -0.3 is 10.2 Å². The molecule has 4 rings (SSSR count). The minimum atomic E-state index is -0.871. The Morgan fingerprint density at radius 3 is 2.97 bits per heavy atom. The fourth-order valence-electron chi connectivity index (χ4n) is 3.15. The lowest BCUT2D eigenvalue weighted by Gasteiger charge is -2.08. The summed E-state index contributed by atoms with van der Waals surface area (Å²) in [5.41, 5.74) is 2.94. The number of anilines is 1. The van der Waals surface area contributed by atoms with Crippen LogP contribution in [0.2, 0.25) is 5.02 Å². The van der Waals surface area contributed by atoms with Crippen LogP contribution in [0.5, 0.6) is 0 Å². The van der Waals surface area contributed by atoms with Gasteiger partial charge in [-0.15, -0.1) is 0 Å². The number of aromatic nitrogens is 4. The number of carbonyl (C=O) groups is 1. The topological polar surface area (TPSA) is 86.3 Å². The van der Waals surface area contributed by atoms with Crippen LogP contribution < -0.4 is 5.32 Å². The molecule has 0 fully saturated rings. The number of nitrogens with one attached hydrogen (secondary N) is 1. The molecule has 0 bridgehead atoms. The molecule has 1 amide bonds. The molecule has 1 aromatic carbocycles. The molecule has 1 atom stereocenters. The number of halogens is 2. The molecule has 1 aliphatic heterocycles. The zero-order valence-corrected chi connectivity index (χ0v) is 16.5. The van der Waals surface area contributed by atoms with Crippen molar-refractivity contribution in [3.05, 3.63) is 64.5 Å². The Bertz CT molecular complexity index is 1090. The molecule has 10 heteroatoms. The Morgan fingerprint density at radius 2 is 2.24 bits per heavy atom. The highest BCUT2D eigenvalue weighted by molar-refractivity contribution is 6.34. The third kappa shape index (κ3) is 4.00. The lowest BCUT2D eigenvalue weighted by atomic mass is 10.0. The van der Waals surface area contributed by atoms with E-state index >= 15 is 0 Å². The number of hydrogen-bond donors (Lipinski definition) is 1. The first-order valence-electron chi connectivity index (χ1n) is 8.90. The van der Waals surface area contributed by atoms with Crippen LogP contribution in [0.3, 0.4) is 0 Å². The predicted octanol–water partition coefficient (Wildman–Crippen LogP) is 2.90. The lowest BCUT2D eigenvalue weighted by molar-refractivity contribution is -0.125. The summed E-state index contributed by atoms with van der Waals surface area (Å²) < 4.78 is 17.5. The van der Waals surface area contributed by atoms with E-state index in [4.69, 9.17) is 16.4 Å². The Balaban J connectivity index is 1.38. The molecule has 0 aliphatic carbocycles. The molecule has 0 radical (unpaired) electrons. The summed E-state index contributed by atoms with van der Waals surface area (Å²) in [5.74, 6) is -0.902. The van der Waals surface area contributed by atoms with E-state index in [0.717, 1.165) is 11.3 Å². The van der Waals surface area contributed by atoms with Gasteiger partial charge in [0.1, 0.15) is 5.82 Å². The third-order valence-electron chi connectivity index (χ3n) is 4.56. The Labute approximate surface area is 170 Å². The van der Waals surface area contributed by atoms with Crippen molar-refractivity contribution >= 4 is 28.9 Å². The van der Waals surface area contributed by atoms with E-state index < -0.39 is 17.8 Å². The molecular weight excluding hydrogens is 399 g/mol. The summed E-state index contributed by atoms with van der Waals surface area (Å²) in [6, 6.07) is 4.36. The van der Waals surface area contributed by atoms with Crippen molar-refractivity contribution in [2.24, 2.45) is 12.2 Å². The van der Waals surface area contributed by atoms with Crippen LogP contribution >= 0.6 is 11.6 Å². The molecule has 1 aliphatic rings. The number of aryl methyl sites for hydroxylation is 2. The van der Waals surface area contributed by atoms with Gasteiger partial charge in [-0.3, -0.25) is 14.2 Å². The average molecular weight is 417 g/mol. The summed E-state index contributed by atoms with van der Waals surface area (Å²) in [7, 11) is 1.86. The van der Waals surface area contributed by atoms with Gasteiger partial charge in [0.05, 0.1) is 40.4 Å². The van der Waals surface area contributed by atoms with E-state index in [-0.39, 0.29) is 17.0 Å². The van der Waals surface area contributed by atoms with Gasteiger partial charge in [-0.2, -0.15) is 10.2 Å². The van der Waals surface area contributed by atoms with Gasteiger partial charge in [0.25, 0.3) is 5.91 Å². The summed E-state index contributed by atoms with van der Waals surface area (Å²) in [6.45, 7) is 2.47. The van der Waals surface area contributed by atoms with Crippen LogP contribution in [0.1, 0.15) is 23.2 Å². The van der Waals surface area contributed by atoms with Crippen molar-refractivity contribution in [1.82, 2.24) is 19.6 Å². The van der Waals surface area contributed by atoms with Gasteiger partial charge in [-0.05, 0) is 19.1 Å². The first kappa shape index (κ1) is 19.1. The summed E-state index contributed by atoms with van der Waals surface area (Å²) >= 11 is 6.05. The minimum Gasteiger partial charge on any atom is -0.382 e. The fraction of sp³-hybridized carbons (Fsp3) is 0.263. The van der Waals surface area contributed by atoms with Crippen molar-refractivity contribution in [3.63, 3.8) is 0 Å². The number of benzene rings is 1. The monoisotopic (exact) mass is 416 g/mol. The largest absolute Gasteiger partial charge is 0.382 e. The second-order valence-electron chi connectivity index (χ2n) is 6.76. The van der Waals surface area contributed by atoms with Crippen LogP contribution in [0.25, 0.3) is 0 Å². The van der Waals surface area contributed by atoms with E-state index in [2.05, 4.69) is 20.7 Å².